The zero-order valence-corrected chi connectivity index (χ0v) is 15.1. The molecular formula is C18H16FN3OS2. The highest BCUT2D eigenvalue weighted by atomic mass is 32.1. The molecule has 0 unspecified atom stereocenters. The van der Waals surface area contributed by atoms with Crippen LogP contribution in [0.1, 0.15) is 20.8 Å². The lowest BCUT2D eigenvalue weighted by Crippen LogP contribution is -2.46. The summed E-state index contributed by atoms with van der Waals surface area (Å²) in [4.78, 5) is 13.0. The van der Waals surface area contributed by atoms with Crippen molar-refractivity contribution >= 4 is 44.7 Å². The molecule has 128 valence electrons. The average molecular weight is 373 g/mol. The number of amides is 1. The number of thiocarbonyl (C=S) groups is 1. The van der Waals surface area contributed by atoms with E-state index in [9.17, 15) is 9.18 Å². The maximum absolute atomic E-state index is 12.9. The van der Waals surface area contributed by atoms with E-state index < -0.39 is 0 Å². The standard InChI is InChI=1S/C18H16FN3OS2/c1-11-14-4-2-3-5-15(14)25-16(11)17(23)21-22-18(24)20-10-12-6-8-13(19)9-7-12/h2-9H,10H2,1H3,(H,21,23)(H2,20,22,24). The highest BCUT2D eigenvalue weighted by Gasteiger charge is 2.15. The van der Waals surface area contributed by atoms with Gasteiger partial charge in [-0.1, -0.05) is 30.3 Å². The van der Waals surface area contributed by atoms with E-state index in [1.165, 1.54) is 23.5 Å². The second-order valence-electron chi connectivity index (χ2n) is 5.44. The van der Waals surface area contributed by atoms with Crippen molar-refractivity contribution in [2.75, 3.05) is 0 Å². The number of aryl methyl sites for hydroxylation is 1. The Morgan fingerprint density at radius 1 is 1.12 bits per heavy atom. The molecule has 3 aromatic rings. The van der Waals surface area contributed by atoms with Crippen molar-refractivity contribution in [2.24, 2.45) is 0 Å². The Morgan fingerprint density at radius 3 is 2.56 bits per heavy atom. The summed E-state index contributed by atoms with van der Waals surface area (Å²) in [5.41, 5.74) is 7.13. The van der Waals surface area contributed by atoms with E-state index in [-0.39, 0.29) is 16.8 Å². The Labute approximate surface area is 154 Å². The monoisotopic (exact) mass is 373 g/mol. The first-order valence-electron chi connectivity index (χ1n) is 7.61. The second-order valence-corrected chi connectivity index (χ2v) is 6.90. The van der Waals surface area contributed by atoms with Gasteiger partial charge in [0.15, 0.2) is 5.11 Å². The van der Waals surface area contributed by atoms with Crippen LogP contribution in [-0.4, -0.2) is 11.0 Å². The van der Waals surface area contributed by atoms with Crippen LogP contribution in [-0.2, 0) is 6.54 Å². The Balaban J connectivity index is 1.55. The molecule has 2 aromatic carbocycles. The molecule has 4 nitrogen and oxygen atoms in total. The first kappa shape index (κ1) is 17.3. The van der Waals surface area contributed by atoms with Crippen LogP contribution in [0, 0.1) is 12.7 Å². The molecule has 0 fully saturated rings. The first-order chi connectivity index (χ1) is 12.0. The Kier molecular flexibility index (Phi) is 5.25. The zero-order valence-electron chi connectivity index (χ0n) is 13.4. The fourth-order valence-electron chi connectivity index (χ4n) is 2.39. The molecule has 0 atom stereocenters. The number of benzene rings is 2. The molecule has 3 rings (SSSR count). The van der Waals surface area contributed by atoms with Gasteiger partial charge in [-0.05, 0) is 53.9 Å². The number of fused-ring (bicyclic) bond motifs is 1. The van der Waals surface area contributed by atoms with E-state index in [4.69, 9.17) is 12.2 Å². The van der Waals surface area contributed by atoms with Crippen LogP contribution in [0.4, 0.5) is 4.39 Å². The molecule has 1 aromatic heterocycles. The molecule has 0 aliphatic carbocycles. The van der Waals surface area contributed by atoms with E-state index in [0.29, 0.717) is 11.4 Å². The van der Waals surface area contributed by atoms with Crippen molar-refractivity contribution in [3.8, 4) is 0 Å². The predicted molar refractivity (Wildman–Crippen MR) is 103 cm³/mol. The van der Waals surface area contributed by atoms with Gasteiger partial charge in [0.2, 0.25) is 0 Å². The van der Waals surface area contributed by atoms with Gasteiger partial charge in [0.25, 0.3) is 5.91 Å². The fraction of sp³-hybridized carbons (Fsp3) is 0.111. The molecular weight excluding hydrogens is 357 g/mol. The summed E-state index contributed by atoms with van der Waals surface area (Å²) in [5, 5.41) is 4.32. The van der Waals surface area contributed by atoms with Crippen molar-refractivity contribution in [2.45, 2.75) is 13.5 Å². The first-order valence-corrected chi connectivity index (χ1v) is 8.84. The van der Waals surface area contributed by atoms with Gasteiger partial charge >= 0.3 is 0 Å². The van der Waals surface area contributed by atoms with Crippen LogP contribution < -0.4 is 16.2 Å². The van der Waals surface area contributed by atoms with Crippen LogP contribution in [0.2, 0.25) is 0 Å². The van der Waals surface area contributed by atoms with Crippen LogP contribution in [0.5, 0.6) is 0 Å². The van der Waals surface area contributed by atoms with Gasteiger partial charge in [-0.25, -0.2) is 4.39 Å². The summed E-state index contributed by atoms with van der Waals surface area (Å²) in [6.45, 7) is 2.36. The Bertz CT molecular complexity index is 922. The molecule has 1 heterocycles. The summed E-state index contributed by atoms with van der Waals surface area (Å²) >= 11 is 6.58. The van der Waals surface area contributed by atoms with E-state index in [0.717, 1.165) is 21.2 Å². The lowest BCUT2D eigenvalue weighted by Gasteiger charge is -2.11. The van der Waals surface area contributed by atoms with Gasteiger partial charge < -0.3 is 5.32 Å². The van der Waals surface area contributed by atoms with Crippen molar-refractivity contribution in [3.05, 3.63) is 70.4 Å². The molecule has 0 aliphatic rings. The van der Waals surface area contributed by atoms with E-state index >= 15 is 0 Å². The van der Waals surface area contributed by atoms with Crippen LogP contribution in [0.15, 0.2) is 48.5 Å². The van der Waals surface area contributed by atoms with E-state index in [1.807, 2.05) is 31.2 Å². The number of hydrogen-bond acceptors (Lipinski definition) is 3. The average Bonchev–Trinajstić information content (AvgIpc) is 2.96. The zero-order chi connectivity index (χ0) is 17.8. The van der Waals surface area contributed by atoms with Crippen molar-refractivity contribution in [1.82, 2.24) is 16.2 Å². The number of nitrogens with one attached hydrogen (secondary N) is 3. The van der Waals surface area contributed by atoms with Gasteiger partial charge in [0, 0.05) is 11.2 Å². The number of halogens is 1. The second kappa shape index (κ2) is 7.58. The number of rotatable bonds is 3. The topological polar surface area (TPSA) is 53.2 Å². The molecule has 3 N–H and O–H groups in total. The number of carbonyl (C=O) groups is 1. The quantitative estimate of drug-likeness (QED) is 0.484. The van der Waals surface area contributed by atoms with Gasteiger partial charge in [-0.2, -0.15) is 0 Å². The molecule has 0 spiro atoms. The Morgan fingerprint density at radius 2 is 1.84 bits per heavy atom. The van der Waals surface area contributed by atoms with Crippen molar-refractivity contribution in [3.63, 3.8) is 0 Å². The maximum atomic E-state index is 12.9. The SMILES string of the molecule is Cc1c(C(=O)NNC(=S)NCc2ccc(F)cc2)sc2ccccc12. The predicted octanol–water partition coefficient (Wildman–Crippen LogP) is 3.66. The largest absolute Gasteiger partial charge is 0.357 e. The third-order valence-electron chi connectivity index (χ3n) is 3.71. The minimum absolute atomic E-state index is 0.232. The third kappa shape index (κ3) is 4.12. The molecule has 0 saturated carbocycles. The van der Waals surface area contributed by atoms with Crippen molar-refractivity contribution in [1.29, 1.82) is 0 Å². The molecule has 7 heteroatoms. The van der Waals surface area contributed by atoms with Crippen LogP contribution in [0.3, 0.4) is 0 Å². The lowest BCUT2D eigenvalue weighted by molar-refractivity contribution is 0.0947. The molecule has 1 amide bonds. The summed E-state index contributed by atoms with van der Waals surface area (Å²) in [5.74, 6) is -0.514. The van der Waals surface area contributed by atoms with Gasteiger partial charge in [0.1, 0.15) is 5.82 Å². The summed E-state index contributed by atoms with van der Waals surface area (Å²) in [6, 6.07) is 14.0. The normalized spacial score (nSPS) is 10.5. The summed E-state index contributed by atoms with van der Waals surface area (Å²) in [7, 11) is 0. The summed E-state index contributed by atoms with van der Waals surface area (Å²) < 4.78 is 13.9. The number of hydrazine groups is 1. The molecule has 0 aliphatic heterocycles. The van der Waals surface area contributed by atoms with Gasteiger partial charge in [-0.15, -0.1) is 11.3 Å². The molecule has 0 bridgehead atoms. The lowest BCUT2D eigenvalue weighted by atomic mass is 10.1. The summed E-state index contributed by atoms with van der Waals surface area (Å²) in [6.07, 6.45) is 0. The van der Waals surface area contributed by atoms with Crippen LogP contribution >= 0.6 is 23.6 Å². The van der Waals surface area contributed by atoms with Crippen molar-refractivity contribution < 1.29 is 9.18 Å². The van der Waals surface area contributed by atoms with Gasteiger partial charge in [0.05, 0.1) is 4.88 Å². The van der Waals surface area contributed by atoms with Crippen LogP contribution in [0.25, 0.3) is 10.1 Å². The molecule has 0 radical (unpaired) electrons. The Hall–Kier alpha value is -2.51. The molecule has 25 heavy (non-hydrogen) atoms. The number of carbonyl (C=O) groups excluding carboxylic acids is 1. The minimum atomic E-state index is -0.282. The highest BCUT2D eigenvalue weighted by Crippen LogP contribution is 2.30. The van der Waals surface area contributed by atoms with E-state index in [2.05, 4.69) is 16.2 Å². The number of thiophene rings is 1. The van der Waals surface area contributed by atoms with Gasteiger partial charge in [-0.3, -0.25) is 15.6 Å². The molecule has 0 saturated heterocycles. The smallest absolute Gasteiger partial charge is 0.280 e. The third-order valence-corrected chi connectivity index (χ3v) is 5.22. The maximum Gasteiger partial charge on any atom is 0.280 e. The number of hydrogen-bond donors (Lipinski definition) is 3. The highest BCUT2D eigenvalue weighted by molar-refractivity contribution is 7.80. The minimum Gasteiger partial charge on any atom is -0.357 e. The fourth-order valence-corrected chi connectivity index (χ4v) is 3.62. The van der Waals surface area contributed by atoms with E-state index in [1.54, 1.807) is 12.1 Å².